The topological polar surface area (TPSA) is 500 Å². The van der Waals surface area contributed by atoms with Crippen molar-refractivity contribution in [2.45, 2.75) is 73.4 Å². The first kappa shape index (κ1) is 101. The van der Waals surface area contributed by atoms with Crippen LogP contribution < -0.4 is 51.6 Å². The number of aromatic nitrogens is 4. The molecule has 4 aromatic heterocycles. The van der Waals surface area contributed by atoms with Crippen molar-refractivity contribution in [3.05, 3.63) is 262 Å². The van der Waals surface area contributed by atoms with Crippen LogP contribution in [0, 0.1) is 84.2 Å². The minimum absolute atomic E-state index is 0. The monoisotopic (exact) mass is 1750 g/mol. The Morgan fingerprint density at radius 3 is 0.868 bits per heavy atom. The van der Waals surface area contributed by atoms with E-state index < -0.39 is 0 Å². The molecule has 0 fully saturated rings. The van der Waals surface area contributed by atoms with Gasteiger partial charge in [0.2, 0.25) is 0 Å². The molecule has 0 radical (unpaired) electrons. The number of nitrogens with one attached hydrogen (secondary N) is 3. The van der Waals surface area contributed by atoms with E-state index in [9.17, 15) is 0 Å². The fourth-order valence-corrected chi connectivity index (χ4v) is 13.2. The van der Waals surface area contributed by atoms with Gasteiger partial charge in [0.1, 0.15) is 0 Å². The van der Waals surface area contributed by atoms with Crippen LogP contribution in [-0.4, -0.2) is 50.8 Å². The number of nitrogens with two attached hydrogens (primary N) is 9. The van der Waals surface area contributed by atoms with Gasteiger partial charge in [0.05, 0.1) is 86.0 Å². The molecule has 4 heterocycles. The van der Waals surface area contributed by atoms with Crippen molar-refractivity contribution in [3.63, 3.8) is 0 Å². The minimum Gasteiger partial charge on any atom is -0.379 e. The highest BCUT2D eigenvalue weighted by Crippen LogP contribution is 2.30. The number of hydrogen-bond donors (Lipinski definition) is 12. The molecule has 0 atom stereocenters. The van der Waals surface area contributed by atoms with Crippen LogP contribution >= 0.6 is 144 Å². The summed E-state index contributed by atoms with van der Waals surface area (Å²) in [5.41, 5.74) is 57.7. The number of alkyl halides is 3. The number of fused-ring (bicyclic) bond motifs is 6. The van der Waals surface area contributed by atoms with E-state index in [0.29, 0.717) is 73.4 Å². The average Bonchev–Trinajstić information content (AvgIpc) is 0.853. The fraction of sp³-hybridized carbons (Fsp3) is 0.150. The number of nitrogens with zero attached hydrogens (tertiary/aromatic N) is 10. The van der Waals surface area contributed by atoms with E-state index in [1.807, 2.05) is 158 Å². The molecule has 114 heavy (non-hydrogen) atoms. The van der Waals surface area contributed by atoms with E-state index in [1.165, 1.54) is 35.3 Å². The van der Waals surface area contributed by atoms with Gasteiger partial charge in [0.25, 0.3) is 0 Å². The molecule has 0 bridgehead atoms. The molecule has 0 spiro atoms. The Morgan fingerprint density at radius 1 is 0.316 bits per heavy atom. The van der Waals surface area contributed by atoms with Crippen LogP contribution in [0.5, 0.6) is 0 Å². The summed E-state index contributed by atoms with van der Waals surface area (Å²) in [6, 6.07) is 64.8. The van der Waals surface area contributed by atoms with E-state index in [-0.39, 0.29) is 68.1 Å². The lowest BCUT2D eigenvalue weighted by atomic mass is 9.98. The van der Waals surface area contributed by atoms with Crippen molar-refractivity contribution in [1.82, 2.24) is 19.9 Å². The van der Waals surface area contributed by atoms with Crippen molar-refractivity contribution >= 4 is 240 Å². The second kappa shape index (κ2) is 56.4. The molecule has 8 aromatic carbocycles. The van der Waals surface area contributed by atoms with Gasteiger partial charge in [-0.25, -0.2) is 0 Å². The summed E-state index contributed by atoms with van der Waals surface area (Å²) >= 11 is 33.6. The molecule has 12 rings (SSSR count). The number of rotatable bonds is 15. The first-order chi connectivity index (χ1) is 53.4. The van der Waals surface area contributed by atoms with Gasteiger partial charge < -0.3 is 51.6 Å². The van der Waals surface area contributed by atoms with Gasteiger partial charge in [-0.05, 0) is 160 Å². The Bertz CT molecular complexity index is 4960. The third kappa shape index (κ3) is 34.2. The molecule has 0 aliphatic rings. The van der Waals surface area contributed by atoms with Gasteiger partial charge in [-0.2, -0.15) is 31.6 Å². The Labute approximate surface area is 724 Å². The lowest BCUT2D eigenvalue weighted by Gasteiger charge is -2.10. The summed E-state index contributed by atoms with van der Waals surface area (Å²) in [6.45, 7) is 0. The fourth-order valence-electron chi connectivity index (χ4n) is 10.7. The first-order valence-corrected chi connectivity index (χ1v) is 38.6. The molecule has 22 nitrogen and oxygen atoms in total. The molecule has 34 heteroatoms. The number of halogens is 6. The third-order valence-corrected chi connectivity index (χ3v) is 18.6. The van der Waals surface area contributed by atoms with Crippen LogP contribution in [0.3, 0.4) is 0 Å². The second-order valence-corrected chi connectivity index (χ2v) is 27.8. The predicted molar refractivity (Wildman–Crippen MR) is 494 cm³/mol. The zero-order chi connectivity index (χ0) is 81.6. The zero-order valence-electron chi connectivity index (χ0n) is 60.9. The highest BCUT2D eigenvalue weighted by molar-refractivity contribution is 8.13. The minimum atomic E-state index is 0. The lowest BCUT2D eigenvalue weighted by Crippen LogP contribution is -2.18. The molecule has 0 aliphatic heterocycles. The summed E-state index contributed by atoms with van der Waals surface area (Å²) in [7, 11) is 0. The largest absolute Gasteiger partial charge is 0.379 e. The van der Waals surface area contributed by atoms with E-state index in [1.54, 1.807) is 37.2 Å². The maximum absolute atomic E-state index is 8.96. The van der Waals surface area contributed by atoms with Crippen LogP contribution in [0.4, 0.5) is 0 Å². The number of hydrogen-bond acceptors (Lipinski definition) is 19. The van der Waals surface area contributed by atoms with Gasteiger partial charge in [-0.15, -0.1) is 72.0 Å². The van der Waals surface area contributed by atoms with Gasteiger partial charge in [0, 0.05) is 93.6 Å². The first-order valence-electron chi connectivity index (χ1n) is 32.8. The van der Waals surface area contributed by atoms with E-state index >= 15 is 0 Å². The molecule has 0 saturated carbocycles. The number of amidine groups is 3. The molecular weight excluding hydrogens is 1670 g/mol. The number of thioether (sulfide) groups is 3. The van der Waals surface area contributed by atoms with Crippen LogP contribution in [0.1, 0.15) is 66.8 Å². The van der Waals surface area contributed by atoms with Crippen molar-refractivity contribution < 1.29 is 0 Å². The third-order valence-electron chi connectivity index (χ3n) is 15.4. The normalized spacial score (nSPS) is 9.45. The lowest BCUT2D eigenvalue weighted by molar-refractivity contribution is 1.20. The maximum atomic E-state index is 8.96. The molecule has 0 aliphatic carbocycles. The quantitative estimate of drug-likeness (QED) is 0.0196. The van der Waals surface area contributed by atoms with Gasteiger partial charge >= 0.3 is 0 Å². The Kier molecular flexibility index (Phi) is 50.0. The van der Waals surface area contributed by atoms with Crippen molar-refractivity contribution in [2.75, 3.05) is 0 Å². The average molecular weight is 1750 g/mol. The number of pyridine rings is 4. The van der Waals surface area contributed by atoms with E-state index in [0.717, 1.165) is 132 Å². The molecule has 588 valence electrons. The number of thiocarbonyl (C=S) groups is 3. The highest BCUT2D eigenvalue weighted by atomic mass is 35.5. The van der Waals surface area contributed by atoms with Crippen molar-refractivity contribution in [2.24, 2.45) is 51.6 Å². The van der Waals surface area contributed by atoms with Crippen LogP contribution in [0.25, 0.3) is 64.9 Å². The summed E-state index contributed by atoms with van der Waals surface area (Å²) in [5, 5.41) is 86.0. The Morgan fingerprint density at radius 2 is 0.553 bits per heavy atom. The molecule has 0 amide bonds. The zero-order valence-corrected chi connectivity index (χ0v) is 70.6. The van der Waals surface area contributed by atoms with Crippen LogP contribution in [0.2, 0.25) is 0 Å². The summed E-state index contributed by atoms with van der Waals surface area (Å²) in [4.78, 5) is 16.8. The molecule has 12 aromatic rings. The van der Waals surface area contributed by atoms with Crippen molar-refractivity contribution in [3.8, 4) is 36.4 Å². The van der Waals surface area contributed by atoms with Gasteiger partial charge in [-0.3, -0.25) is 36.2 Å². The predicted octanol–water partition coefficient (Wildman–Crippen LogP) is 16.4. The van der Waals surface area contributed by atoms with Crippen LogP contribution in [-0.2, 0) is 73.4 Å². The summed E-state index contributed by atoms with van der Waals surface area (Å²) < 4.78 is 0. The maximum Gasteiger partial charge on any atom is 0.160 e. The highest BCUT2D eigenvalue weighted by Gasteiger charge is 2.14. The Hall–Kier alpha value is -10.9. The number of benzene rings is 8. The van der Waals surface area contributed by atoms with Crippen molar-refractivity contribution in [1.29, 1.82) is 47.8 Å². The number of nitriles is 6. The summed E-state index contributed by atoms with van der Waals surface area (Å²) in [6.07, 6.45) is 12.7. The summed E-state index contributed by atoms with van der Waals surface area (Å²) in [5.74, 6) is 3.15. The van der Waals surface area contributed by atoms with E-state index in [2.05, 4.69) is 127 Å². The molecule has 21 N–H and O–H groups in total. The van der Waals surface area contributed by atoms with Gasteiger partial charge in [0.15, 0.2) is 30.8 Å². The standard InChI is InChI=1S/C14H13N3S.C13H10ClN.2C13H12N4S.2C12H9ClN2.3CH4N2S.3ClH/c15-8-7-13-11(9-18-14(16)17)6-5-10-3-1-2-4-12(10)13;14-9-11-6-5-10-3-1-2-4-12(10)13(11)7-8-15;14-5-3-11-10(8-18-13(15)16)2-1-9-4-6-17-7-12(9)11;14-6-5-11-10(8-18-13(15)16)4-3-9-2-1-7-17-12(9)11;13-7-10-2-1-9-4-6-15-8-12(9)11(10)3-5-14;13-8-10-4-3-9-2-1-7-15-12(9)11(10)5-6-14;3*2-1(3)4;;;/h1-6H,7,9H2,(H3,16,17);1-6H,7,9H2;1-2,4,6-7H,3,8H2,(H3,15,16);1-4,7H,5,8H2,(H3,15,16);1-2,4,6,8H,3,7H2;1-4,7H,5,8H2;3*(H4,2,3,4);3*1H. The SMILES string of the molecule is Cl.Cl.Cl.N#CCc1c(CCl)ccc2ccccc12.N#CCc1c(CCl)ccc2cccnc12.N#CCc1c(CCl)ccc2ccncc12.N#CCc1c(CSC(=N)N)ccc2ccccc12.N#CCc1c(CSC(=N)N)ccc2cccnc12.N#CCc1c(CSC(=N)N)ccc2ccncc12.NC(N)=S.NC(N)=S.NC(N)=S. The smallest absolute Gasteiger partial charge is 0.160 e. The molecule has 0 unspecified atom stereocenters. The molecule has 0 saturated heterocycles. The van der Waals surface area contributed by atoms with E-state index in [4.69, 9.17) is 99.8 Å². The Balaban J connectivity index is 0.000000661. The second-order valence-electron chi connectivity index (χ2n) is 22.6. The van der Waals surface area contributed by atoms with Crippen LogP contribution in [0.15, 0.2) is 195 Å². The molecular formula is C80H80Cl6N22S6. The van der Waals surface area contributed by atoms with Gasteiger partial charge in [-0.1, -0.05) is 169 Å².